The zero-order valence-electron chi connectivity index (χ0n) is 6.54. The molecule has 0 bridgehead atoms. The molecule has 0 atom stereocenters. The van der Waals surface area contributed by atoms with Gasteiger partial charge in [-0.05, 0) is 0 Å². The first-order chi connectivity index (χ1) is 3.91. The first-order valence-electron chi connectivity index (χ1n) is 2.38. The zero-order valence-corrected chi connectivity index (χ0v) is 7.54. The molecular weight excluding hydrogens is 135 g/mol. The third-order valence-electron chi connectivity index (χ3n) is 0.433. The first kappa shape index (κ1) is 12.5. The van der Waals surface area contributed by atoms with E-state index in [0.717, 1.165) is 0 Å². The molecule has 0 aromatic heterocycles. The van der Waals surface area contributed by atoms with Crippen LogP contribution in [0.2, 0.25) is 0 Å². The average molecular weight is 146 g/mol. The SMILES string of the molecule is OCCOOCCO.[H-].[Na+]. The molecule has 2 N–H and O–H groups in total. The van der Waals surface area contributed by atoms with E-state index >= 15 is 0 Å². The Labute approximate surface area is 77.5 Å². The number of rotatable bonds is 5. The molecule has 0 saturated carbocycles. The molecule has 5 heteroatoms. The van der Waals surface area contributed by atoms with Gasteiger partial charge in [-0.3, -0.25) is 0 Å². The fraction of sp³-hybridized carbons (Fsp3) is 1.00. The van der Waals surface area contributed by atoms with Gasteiger partial charge in [0.1, 0.15) is 13.2 Å². The summed E-state index contributed by atoms with van der Waals surface area (Å²) < 4.78 is 0. The van der Waals surface area contributed by atoms with Crippen LogP contribution in [0.25, 0.3) is 0 Å². The second-order valence-corrected chi connectivity index (χ2v) is 1.09. The second-order valence-electron chi connectivity index (χ2n) is 1.09. The van der Waals surface area contributed by atoms with Crippen molar-refractivity contribution in [3.8, 4) is 0 Å². The van der Waals surface area contributed by atoms with Crippen molar-refractivity contribution in [2.75, 3.05) is 26.4 Å². The predicted molar refractivity (Wildman–Crippen MR) is 27.2 cm³/mol. The van der Waals surface area contributed by atoms with E-state index in [1.165, 1.54) is 0 Å². The van der Waals surface area contributed by atoms with Gasteiger partial charge in [-0.15, -0.1) is 0 Å². The summed E-state index contributed by atoms with van der Waals surface area (Å²) in [6, 6.07) is 0. The molecule has 0 unspecified atom stereocenters. The standard InChI is InChI=1S/C4H10O4.Na.H/c5-1-3-7-8-4-2-6;;/h5-6H,1-4H2;;/q;+1;-1. The molecule has 0 heterocycles. The molecule has 0 rings (SSSR count). The van der Waals surface area contributed by atoms with Gasteiger partial charge in [0, 0.05) is 0 Å². The quantitative estimate of drug-likeness (QED) is 0.180. The van der Waals surface area contributed by atoms with Crippen LogP contribution in [0.5, 0.6) is 0 Å². The molecule has 0 saturated heterocycles. The Morgan fingerprint density at radius 1 is 1.00 bits per heavy atom. The Hall–Kier alpha value is 0.840. The van der Waals surface area contributed by atoms with Gasteiger partial charge in [0.15, 0.2) is 0 Å². The summed E-state index contributed by atoms with van der Waals surface area (Å²) in [4.78, 5) is 8.63. The van der Waals surface area contributed by atoms with Crippen LogP contribution in [-0.4, -0.2) is 36.6 Å². The van der Waals surface area contributed by atoms with E-state index in [4.69, 9.17) is 10.2 Å². The van der Waals surface area contributed by atoms with E-state index in [1.807, 2.05) is 0 Å². The predicted octanol–water partition coefficient (Wildman–Crippen LogP) is -3.96. The molecule has 52 valence electrons. The van der Waals surface area contributed by atoms with E-state index in [0.29, 0.717) is 0 Å². The average Bonchev–Trinajstić information content (AvgIpc) is 1.81. The van der Waals surface area contributed by atoms with Gasteiger partial charge >= 0.3 is 29.6 Å². The maximum absolute atomic E-state index is 8.10. The maximum atomic E-state index is 8.10. The minimum Gasteiger partial charge on any atom is -1.00 e. The minimum atomic E-state index is -0.0641. The molecule has 0 aliphatic heterocycles. The smallest absolute Gasteiger partial charge is 1.00 e. The Balaban J connectivity index is -0.000000245. The minimum absolute atomic E-state index is 0. The topological polar surface area (TPSA) is 58.9 Å². The van der Waals surface area contributed by atoms with Crippen molar-refractivity contribution in [3.63, 3.8) is 0 Å². The Morgan fingerprint density at radius 2 is 1.33 bits per heavy atom. The third-order valence-corrected chi connectivity index (χ3v) is 0.433. The van der Waals surface area contributed by atoms with Gasteiger partial charge in [-0.1, -0.05) is 0 Å². The summed E-state index contributed by atoms with van der Waals surface area (Å²) in [6.45, 7) is 0.177. The summed E-state index contributed by atoms with van der Waals surface area (Å²) in [5.41, 5.74) is 0. The third kappa shape index (κ3) is 12.1. The van der Waals surface area contributed by atoms with Crippen LogP contribution < -0.4 is 29.6 Å². The molecule has 0 aliphatic rings. The van der Waals surface area contributed by atoms with Gasteiger partial charge in [0.25, 0.3) is 0 Å². The van der Waals surface area contributed by atoms with Crippen molar-refractivity contribution in [1.82, 2.24) is 0 Å². The van der Waals surface area contributed by atoms with Gasteiger partial charge in [-0.2, -0.15) is 0 Å². The fourth-order valence-corrected chi connectivity index (χ4v) is 0.192. The zero-order chi connectivity index (χ0) is 6.24. The normalized spacial score (nSPS) is 8.67. The molecule has 0 aliphatic carbocycles. The molecule has 4 nitrogen and oxygen atoms in total. The van der Waals surface area contributed by atoms with Gasteiger partial charge in [-0.25, -0.2) is 9.78 Å². The van der Waals surface area contributed by atoms with Crippen molar-refractivity contribution in [3.05, 3.63) is 0 Å². The van der Waals surface area contributed by atoms with E-state index in [1.54, 1.807) is 0 Å². The van der Waals surface area contributed by atoms with Crippen molar-refractivity contribution < 1.29 is 51.0 Å². The summed E-state index contributed by atoms with van der Waals surface area (Å²) in [6.07, 6.45) is 0. The molecule has 0 aromatic carbocycles. The van der Waals surface area contributed by atoms with Crippen LogP contribution in [0.15, 0.2) is 0 Å². The largest absolute Gasteiger partial charge is 1.00 e. The number of aliphatic hydroxyl groups excluding tert-OH is 2. The van der Waals surface area contributed by atoms with Crippen LogP contribution in [0, 0.1) is 0 Å². The van der Waals surface area contributed by atoms with E-state index in [9.17, 15) is 0 Å². The monoisotopic (exact) mass is 146 g/mol. The second kappa shape index (κ2) is 11.6. The van der Waals surface area contributed by atoms with Crippen LogP contribution in [0.1, 0.15) is 1.43 Å². The van der Waals surface area contributed by atoms with Gasteiger partial charge in [0.2, 0.25) is 0 Å². The molecular formula is C4H11NaO4. The van der Waals surface area contributed by atoms with E-state index in [-0.39, 0.29) is 57.4 Å². The number of hydrogen-bond donors (Lipinski definition) is 2. The summed E-state index contributed by atoms with van der Waals surface area (Å²) >= 11 is 0. The van der Waals surface area contributed by atoms with E-state index < -0.39 is 0 Å². The van der Waals surface area contributed by atoms with Crippen molar-refractivity contribution in [2.45, 2.75) is 0 Å². The summed E-state index contributed by atoms with van der Waals surface area (Å²) in [5.74, 6) is 0. The van der Waals surface area contributed by atoms with Crippen molar-refractivity contribution >= 4 is 0 Å². The van der Waals surface area contributed by atoms with Crippen LogP contribution in [0.4, 0.5) is 0 Å². The van der Waals surface area contributed by atoms with Crippen LogP contribution in [0.3, 0.4) is 0 Å². The Kier molecular flexibility index (Phi) is 16.1. The van der Waals surface area contributed by atoms with Crippen molar-refractivity contribution in [1.29, 1.82) is 0 Å². The van der Waals surface area contributed by atoms with Gasteiger partial charge in [0.05, 0.1) is 13.2 Å². The summed E-state index contributed by atoms with van der Waals surface area (Å²) in [7, 11) is 0. The molecule has 0 fully saturated rings. The molecule has 0 amide bonds. The summed E-state index contributed by atoms with van der Waals surface area (Å²) in [5, 5.41) is 16.2. The number of hydrogen-bond acceptors (Lipinski definition) is 4. The fourth-order valence-electron chi connectivity index (χ4n) is 0.192. The molecule has 0 spiro atoms. The Bertz CT molecular complexity index is 42.2. The molecule has 0 radical (unpaired) electrons. The maximum Gasteiger partial charge on any atom is 1.00 e. The number of aliphatic hydroxyl groups is 2. The van der Waals surface area contributed by atoms with Crippen LogP contribution in [-0.2, 0) is 9.78 Å². The molecule has 9 heavy (non-hydrogen) atoms. The van der Waals surface area contributed by atoms with E-state index in [2.05, 4.69) is 9.78 Å². The van der Waals surface area contributed by atoms with Gasteiger partial charge < -0.3 is 11.6 Å². The first-order valence-corrected chi connectivity index (χ1v) is 2.38. The van der Waals surface area contributed by atoms with Crippen molar-refractivity contribution in [2.24, 2.45) is 0 Å². The molecule has 0 aromatic rings. The Morgan fingerprint density at radius 3 is 1.56 bits per heavy atom. The van der Waals surface area contributed by atoms with Crippen LogP contribution >= 0.6 is 0 Å².